The molecule has 0 aliphatic heterocycles. The van der Waals surface area contributed by atoms with Crippen molar-refractivity contribution < 1.29 is 17.9 Å². The van der Waals surface area contributed by atoms with Crippen molar-refractivity contribution >= 4 is 37.2 Å². The van der Waals surface area contributed by atoms with Gasteiger partial charge in [-0.05, 0) is 31.5 Å². The third-order valence-electron chi connectivity index (χ3n) is 2.67. The van der Waals surface area contributed by atoms with E-state index < -0.39 is 9.05 Å². The van der Waals surface area contributed by atoms with Gasteiger partial charge in [0.1, 0.15) is 5.75 Å². The summed E-state index contributed by atoms with van der Waals surface area (Å²) in [6.45, 7) is 3.75. The van der Waals surface area contributed by atoms with Crippen LogP contribution in [0.5, 0.6) is 5.75 Å². The summed E-state index contributed by atoms with van der Waals surface area (Å²) in [5.41, 5.74) is 0. The average Bonchev–Trinajstić information content (AvgIpc) is 2.36. The molecule has 0 spiro atoms. The minimum absolute atomic E-state index is 0.0744. The number of halogens is 2. The Hall–Kier alpha value is -0.980. The molecule has 0 heterocycles. The van der Waals surface area contributed by atoms with Crippen molar-refractivity contribution in [2.75, 3.05) is 6.61 Å². The van der Waals surface area contributed by atoms with Crippen molar-refractivity contribution in [2.45, 2.75) is 37.6 Å². The van der Waals surface area contributed by atoms with Gasteiger partial charge in [0.05, 0.1) is 9.92 Å². The van der Waals surface area contributed by atoms with E-state index in [2.05, 4.69) is 5.32 Å². The van der Waals surface area contributed by atoms with Gasteiger partial charge in [0.2, 0.25) is 0 Å². The van der Waals surface area contributed by atoms with Crippen molar-refractivity contribution in [3.8, 4) is 5.75 Å². The molecule has 1 aromatic carbocycles. The minimum atomic E-state index is -3.84. The van der Waals surface area contributed by atoms with Crippen LogP contribution in [0.2, 0.25) is 5.02 Å². The van der Waals surface area contributed by atoms with Crippen LogP contribution < -0.4 is 10.1 Å². The van der Waals surface area contributed by atoms with Gasteiger partial charge in [-0.25, -0.2) is 8.42 Å². The SMILES string of the molecule is CCCC(C)NC(=O)COc1ccc(S(=O)(=O)Cl)cc1Cl. The van der Waals surface area contributed by atoms with E-state index in [0.717, 1.165) is 12.8 Å². The third-order valence-corrected chi connectivity index (χ3v) is 4.32. The number of rotatable bonds is 7. The highest BCUT2D eigenvalue weighted by Gasteiger charge is 2.14. The molecule has 0 aliphatic rings. The second kappa shape index (κ2) is 7.87. The van der Waals surface area contributed by atoms with Crippen LogP contribution in [0.1, 0.15) is 26.7 Å². The molecule has 1 rings (SSSR count). The Morgan fingerprint density at radius 3 is 2.62 bits per heavy atom. The summed E-state index contributed by atoms with van der Waals surface area (Å²) in [6.07, 6.45) is 1.86. The second-order valence-corrected chi connectivity index (χ2v) is 7.55. The van der Waals surface area contributed by atoms with E-state index in [0.29, 0.717) is 0 Å². The molecule has 1 atom stereocenters. The zero-order valence-corrected chi connectivity index (χ0v) is 14.1. The van der Waals surface area contributed by atoms with Crippen molar-refractivity contribution in [3.63, 3.8) is 0 Å². The topological polar surface area (TPSA) is 72.5 Å². The van der Waals surface area contributed by atoms with Gasteiger partial charge in [0, 0.05) is 16.7 Å². The number of ether oxygens (including phenoxy) is 1. The average molecular weight is 354 g/mol. The summed E-state index contributed by atoms with van der Waals surface area (Å²) < 4.78 is 27.6. The first-order valence-corrected chi connectivity index (χ1v) is 9.09. The van der Waals surface area contributed by atoms with Crippen LogP contribution in [0.3, 0.4) is 0 Å². The van der Waals surface area contributed by atoms with E-state index in [1.165, 1.54) is 18.2 Å². The number of amides is 1. The van der Waals surface area contributed by atoms with Gasteiger partial charge in [-0.1, -0.05) is 24.9 Å². The van der Waals surface area contributed by atoms with Crippen LogP contribution in [0, 0.1) is 0 Å². The molecular formula is C13H17Cl2NO4S. The molecule has 1 amide bonds. The lowest BCUT2D eigenvalue weighted by atomic mass is 10.2. The van der Waals surface area contributed by atoms with E-state index in [1.807, 2.05) is 13.8 Å². The molecule has 1 N–H and O–H groups in total. The molecule has 0 bridgehead atoms. The summed E-state index contributed by atoms with van der Waals surface area (Å²) in [7, 11) is 1.36. The van der Waals surface area contributed by atoms with Crippen molar-refractivity contribution in [1.82, 2.24) is 5.32 Å². The molecule has 0 fully saturated rings. The molecule has 0 saturated heterocycles. The van der Waals surface area contributed by atoms with Gasteiger partial charge < -0.3 is 10.1 Å². The largest absolute Gasteiger partial charge is 0.482 e. The molecule has 5 nitrogen and oxygen atoms in total. The summed E-state index contributed by atoms with van der Waals surface area (Å²) in [4.78, 5) is 11.5. The molecule has 8 heteroatoms. The van der Waals surface area contributed by atoms with Gasteiger partial charge in [0.25, 0.3) is 15.0 Å². The van der Waals surface area contributed by atoms with E-state index in [9.17, 15) is 13.2 Å². The predicted molar refractivity (Wildman–Crippen MR) is 82.5 cm³/mol. The highest BCUT2D eigenvalue weighted by atomic mass is 35.7. The molecule has 0 aromatic heterocycles. The van der Waals surface area contributed by atoms with Crippen LogP contribution in [-0.4, -0.2) is 27.0 Å². The normalized spacial score (nSPS) is 12.8. The highest BCUT2D eigenvalue weighted by Crippen LogP contribution is 2.28. The van der Waals surface area contributed by atoms with Crippen LogP contribution >= 0.6 is 22.3 Å². The third kappa shape index (κ3) is 6.11. The predicted octanol–water partition coefficient (Wildman–Crippen LogP) is 2.95. The fraction of sp³-hybridized carbons (Fsp3) is 0.462. The second-order valence-electron chi connectivity index (χ2n) is 4.58. The van der Waals surface area contributed by atoms with Crippen LogP contribution in [0.4, 0.5) is 0 Å². The first-order chi connectivity index (χ1) is 9.74. The maximum atomic E-state index is 11.6. The number of hydrogen-bond donors (Lipinski definition) is 1. The van der Waals surface area contributed by atoms with E-state index >= 15 is 0 Å². The number of carbonyl (C=O) groups excluding carboxylic acids is 1. The van der Waals surface area contributed by atoms with E-state index in [4.69, 9.17) is 27.0 Å². The molecule has 0 saturated carbocycles. The first kappa shape index (κ1) is 18.1. The zero-order valence-electron chi connectivity index (χ0n) is 11.7. The molecule has 1 unspecified atom stereocenters. The Morgan fingerprint density at radius 1 is 1.43 bits per heavy atom. The van der Waals surface area contributed by atoms with Crippen molar-refractivity contribution in [3.05, 3.63) is 23.2 Å². The molecule has 21 heavy (non-hydrogen) atoms. The minimum Gasteiger partial charge on any atom is -0.482 e. The van der Waals surface area contributed by atoms with Gasteiger partial charge in [-0.3, -0.25) is 4.79 Å². The van der Waals surface area contributed by atoms with Crippen molar-refractivity contribution in [2.24, 2.45) is 0 Å². The first-order valence-electron chi connectivity index (χ1n) is 6.40. The highest BCUT2D eigenvalue weighted by molar-refractivity contribution is 8.13. The summed E-state index contributed by atoms with van der Waals surface area (Å²) in [5.74, 6) is -0.0416. The van der Waals surface area contributed by atoms with E-state index in [1.54, 1.807) is 0 Å². The van der Waals surface area contributed by atoms with Gasteiger partial charge in [0.15, 0.2) is 6.61 Å². The molecule has 0 aliphatic carbocycles. The lowest BCUT2D eigenvalue weighted by Gasteiger charge is -2.13. The van der Waals surface area contributed by atoms with Crippen LogP contribution in [0.25, 0.3) is 0 Å². The number of nitrogens with one attached hydrogen (secondary N) is 1. The van der Waals surface area contributed by atoms with E-state index in [-0.39, 0.29) is 34.2 Å². The Morgan fingerprint density at radius 2 is 2.10 bits per heavy atom. The summed E-state index contributed by atoms with van der Waals surface area (Å²) in [5, 5.41) is 2.86. The molecular weight excluding hydrogens is 337 g/mol. The maximum absolute atomic E-state index is 11.6. The quantitative estimate of drug-likeness (QED) is 0.764. The molecule has 1 aromatic rings. The van der Waals surface area contributed by atoms with Gasteiger partial charge in [-0.2, -0.15) is 0 Å². The zero-order chi connectivity index (χ0) is 16.0. The Labute approximate surface area is 134 Å². The smallest absolute Gasteiger partial charge is 0.261 e. The van der Waals surface area contributed by atoms with Gasteiger partial charge >= 0.3 is 0 Å². The Bertz CT molecular complexity index is 604. The summed E-state index contributed by atoms with van der Waals surface area (Å²) >= 11 is 5.89. The lowest BCUT2D eigenvalue weighted by molar-refractivity contribution is -0.123. The number of benzene rings is 1. The lowest BCUT2D eigenvalue weighted by Crippen LogP contribution is -2.35. The van der Waals surface area contributed by atoms with Gasteiger partial charge in [-0.15, -0.1) is 0 Å². The monoisotopic (exact) mass is 353 g/mol. The molecule has 0 radical (unpaired) electrons. The fourth-order valence-corrected chi connectivity index (χ4v) is 2.79. The summed E-state index contributed by atoms with van der Waals surface area (Å²) in [6, 6.07) is 3.88. The van der Waals surface area contributed by atoms with Crippen LogP contribution in [-0.2, 0) is 13.8 Å². The Kier molecular flexibility index (Phi) is 6.77. The molecule has 118 valence electrons. The number of carbonyl (C=O) groups is 1. The standard InChI is InChI=1S/C13H17Cl2NO4S/c1-3-4-9(2)16-13(17)8-20-12-6-5-10(7-11(12)14)21(15,18)19/h5-7,9H,3-4,8H2,1-2H3,(H,16,17). The Balaban J connectivity index is 2.62. The van der Waals surface area contributed by atoms with Crippen LogP contribution in [0.15, 0.2) is 23.1 Å². The van der Waals surface area contributed by atoms with Crippen molar-refractivity contribution in [1.29, 1.82) is 0 Å². The number of hydrogen-bond acceptors (Lipinski definition) is 4. The fourth-order valence-electron chi connectivity index (χ4n) is 1.72. The maximum Gasteiger partial charge on any atom is 0.261 e.